The molecule has 0 aliphatic carbocycles. The Hall–Kier alpha value is -1.06. The van der Waals surface area contributed by atoms with Crippen LogP contribution in [-0.4, -0.2) is 50.3 Å². The summed E-state index contributed by atoms with van der Waals surface area (Å²) in [4.78, 5) is 5.08. The molecule has 1 aromatic rings. The third-order valence-electron chi connectivity index (χ3n) is 4.75. The van der Waals surface area contributed by atoms with Crippen molar-refractivity contribution in [2.45, 2.75) is 32.8 Å². The van der Waals surface area contributed by atoms with Gasteiger partial charge in [0.05, 0.1) is 12.7 Å². The van der Waals surface area contributed by atoms with Crippen LogP contribution in [0.5, 0.6) is 0 Å². The van der Waals surface area contributed by atoms with Crippen LogP contribution in [0.2, 0.25) is 0 Å². The average Bonchev–Trinajstić information content (AvgIpc) is 2.86. The van der Waals surface area contributed by atoms with E-state index in [4.69, 9.17) is 4.74 Å². The monoisotopic (exact) mass is 288 g/mol. The minimum Gasteiger partial charge on any atom is -0.378 e. The molecule has 0 saturated carbocycles. The maximum Gasteiger partial charge on any atom is 0.0593 e. The van der Waals surface area contributed by atoms with Gasteiger partial charge in [-0.2, -0.15) is 0 Å². The van der Waals surface area contributed by atoms with Crippen molar-refractivity contribution in [3.8, 4) is 0 Å². The Bertz CT molecular complexity index is 438. The first-order chi connectivity index (χ1) is 10.1. The van der Waals surface area contributed by atoms with Gasteiger partial charge in [-0.3, -0.25) is 4.90 Å². The molecule has 2 heterocycles. The second-order valence-electron chi connectivity index (χ2n) is 7.25. The first-order valence-corrected chi connectivity index (χ1v) is 8.26. The Morgan fingerprint density at radius 1 is 1.10 bits per heavy atom. The van der Waals surface area contributed by atoms with Crippen molar-refractivity contribution in [3.63, 3.8) is 0 Å². The highest BCUT2D eigenvalue weighted by molar-refractivity contribution is 5.46. The number of hydrogen-bond donors (Lipinski definition) is 0. The standard InChI is InChI=1S/C18H28N2O/c1-18(2)14-17(21-15-18)8-9-19-10-12-20(13-11-19)16-6-4-3-5-7-16/h3-7,17H,8-15H2,1-2H3. The predicted octanol–water partition coefficient (Wildman–Crippen LogP) is 3.01. The summed E-state index contributed by atoms with van der Waals surface area (Å²) in [6.45, 7) is 11.4. The fourth-order valence-corrected chi connectivity index (χ4v) is 3.46. The highest BCUT2D eigenvalue weighted by Gasteiger charge is 2.32. The number of rotatable bonds is 4. The van der Waals surface area contributed by atoms with Gasteiger partial charge >= 0.3 is 0 Å². The Morgan fingerprint density at radius 3 is 2.43 bits per heavy atom. The fraction of sp³-hybridized carbons (Fsp3) is 0.667. The Kier molecular flexibility index (Phi) is 4.51. The Labute approximate surface area is 128 Å². The van der Waals surface area contributed by atoms with Gasteiger partial charge in [0.15, 0.2) is 0 Å². The van der Waals surface area contributed by atoms with E-state index in [9.17, 15) is 0 Å². The number of ether oxygens (including phenoxy) is 1. The molecule has 0 spiro atoms. The number of piperazine rings is 1. The van der Waals surface area contributed by atoms with Crippen molar-refractivity contribution in [1.29, 1.82) is 0 Å². The zero-order valence-electron chi connectivity index (χ0n) is 13.4. The highest BCUT2D eigenvalue weighted by atomic mass is 16.5. The summed E-state index contributed by atoms with van der Waals surface area (Å²) in [5, 5.41) is 0. The van der Waals surface area contributed by atoms with E-state index in [1.54, 1.807) is 0 Å². The van der Waals surface area contributed by atoms with Gasteiger partial charge in [-0.05, 0) is 30.4 Å². The van der Waals surface area contributed by atoms with Gasteiger partial charge in [-0.25, -0.2) is 0 Å². The summed E-state index contributed by atoms with van der Waals surface area (Å²) in [7, 11) is 0. The molecule has 2 fully saturated rings. The zero-order valence-corrected chi connectivity index (χ0v) is 13.4. The van der Waals surface area contributed by atoms with Crippen LogP contribution in [0.25, 0.3) is 0 Å². The first kappa shape index (κ1) is 14.9. The van der Waals surface area contributed by atoms with Crippen molar-refractivity contribution in [2.75, 3.05) is 44.2 Å². The van der Waals surface area contributed by atoms with Gasteiger partial charge in [0.25, 0.3) is 0 Å². The smallest absolute Gasteiger partial charge is 0.0593 e. The number of anilines is 1. The average molecular weight is 288 g/mol. The van der Waals surface area contributed by atoms with Crippen molar-refractivity contribution < 1.29 is 4.74 Å². The van der Waals surface area contributed by atoms with Crippen LogP contribution in [-0.2, 0) is 4.74 Å². The largest absolute Gasteiger partial charge is 0.378 e. The molecule has 1 aromatic carbocycles. The molecule has 21 heavy (non-hydrogen) atoms. The molecule has 3 heteroatoms. The number of nitrogens with zero attached hydrogens (tertiary/aromatic N) is 2. The Morgan fingerprint density at radius 2 is 1.81 bits per heavy atom. The molecule has 0 N–H and O–H groups in total. The second kappa shape index (κ2) is 6.37. The van der Waals surface area contributed by atoms with Crippen LogP contribution in [0.3, 0.4) is 0 Å². The molecule has 1 unspecified atom stereocenters. The van der Waals surface area contributed by atoms with Crippen LogP contribution in [0.15, 0.2) is 30.3 Å². The summed E-state index contributed by atoms with van der Waals surface area (Å²) in [5.41, 5.74) is 1.74. The summed E-state index contributed by atoms with van der Waals surface area (Å²) in [5.74, 6) is 0. The molecule has 0 radical (unpaired) electrons. The molecule has 0 aromatic heterocycles. The van der Waals surface area contributed by atoms with E-state index in [2.05, 4.69) is 54.0 Å². The molecule has 116 valence electrons. The highest BCUT2D eigenvalue weighted by Crippen LogP contribution is 2.32. The molecule has 3 rings (SSSR count). The van der Waals surface area contributed by atoms with Crippen LogP contribution < -0.4 is 4.90 Å². The van der Waals surface area contributed by atoms with Gasteiger partial charge in [-0.1, -0.05) is 32.0 Å². The SMILES string of the molecule is CC1(C)COC(CCN2CCN(c3ccccc3)CC2)C1. The van der Waals surface area contributed by atoms with Gasteiger partial charge in [0.1, 0.15) is 0 Å². The third-order valence-corrected chi connectivity index (χ3v) is 4.75. The quantitative estimate of drug-likeness (QED) is 0.847. The maximum absolute atomic E-state index is 5.91. The van der Waals surface area contributed by atoms with Crippen molar-refractivity contribution in [1.82, 2.24) is 4.90 Å². The maximum atomic E-state index is 5.91. The van der Waals surface area contributed by atoms with E-state index in [1.807, 2.05) is 0 Å². The lowest BCUT2D eigenvalue weighted by Crippen LogP contribution is -2.47. The molecule has 0 amide bonds. The molecule has 2 aliphatic rings. The minimum absolute atomic E-state index is 0.386. The van der Waals surface area contributed by atoms with Gasteiger partial charge in [0.2, 0.25) is 0 Å². The van der Waals surface area contributed by atoms with Gasteiger partial charge in [-0.15, -0.1) is 0 Å². The normalized spacial score (nSPS) is 26.2. The molecule has 3 nitrogen and oxygen atoms in total. The fourth-order valence-electron chi connectivity index (χ4n) is 3.46. The third kappa shape index (κ3) is 3.98. The van der Waals surface area contributed by atoms with Crippen LogP contribution in [0, 0.1) is 5.41 Å². The molecular weight excluding hydrogens is 260 g/mol. The van der Waals surface area contributed by atoms with Crippen molar-refractivity contribution in [2.24, 2.45) is 5.41 Å². The van der Waals surface area contributed by atoms with E-state index in [1.165, 1.54) is 38.2 Å². The molecule has 1 atom stereocenters. The molecular formula is C18H28N2O. The van der Waals surface area contributed by atoms with E-state index in [-0.39, 0.29) is 0 Å². The van der Waals surface area contributed by atoms with Crippen molar-refractivity contribution in [3.05, 3.63) is 30.3 Å². The number of para-hydroxylation sites is 1. The van der Waals surface area contributed by atoms with E-state index >= 15 is 0 Å². The van der Waals surface area contributed by atoms with Gasteiger partial charge < -0.3 is 9.64 Å². The summed E-state index contributed by atoms with van der Waals surface area (Å²) < 4.78 is 5.91. The summed E-state index contributed by atoms with van der Waals surface area (Å²) >= 11 is 0. The van der Waals surface area contributed by atoms with Crippen LogP contribution in [0.1, 0.15) is 26.7 Å². The van der Waals surface area contributed by atoms with E-state index in [0.29, 0.717) is 11.5 Å². The predicted molar refractivity (Wildman–Crippen MR) is 87.9 cm³/mol. The lowest BCUT2D eigenvalue weighted by Gasteiger charge is -2.36. The Balaban J connectivity index is 1.40. The minimum atomic E-state index is 0.386. The van der Waals surface area contributed by atoms with E-state index < -0.39 is 0 Å². The first-order valence-electron chi connectivity index (χ1n) is 8.26. The lowest BCUT2D eigenvalue weighted by molar-refractivity contribution is 0.0832. The van der Waals surface area contributed by atoms with Crippen LogP contribution >= 0.6 is 0 Å². The van der Waals surface area contributed by atoms with Crippen molar-refractivity contribution >= 4 is 5.69 Å². The molecule has 2 aliphatic heterocycles. The summed E-state index contributed by atoms with van der Waals surface area (Å²) in [6.07, 6.45) is 2.89. The van der Waals surface area contributed by atoms with E-state index in [0.717, 1.165) is 19.7 Å². The van der Waals surface area contributed by atoms with Gasteiger partial charge in [0, 0.05) is 38.4 Å². The molecule has 2 saturated heterocycles. The molecule has 0 bridgehead atoms. The number of hydrogen-bond acceptors (Lipinski definition) is 3. The summed E-state index contributed by atoms with van der Waals surface area (Å²) in [6, 6.07) is 10.8. The topological polar surface area (TPSA) is 15.7 Å². The number of benzene rings is 1. The lowest BCUT2D eigenvalue weighted by atomic mass is 9.90. The van der Waals surface area contributed by atoms with Crippen LogP contribution in [0.4, 0.5) is 5.69 Å². The second-order valence-corrected chi connectivity index (χ2v) is 7.25. The zero-order chi connectivity index (χ0) is 14.7.